The van der Waals surface area contributed by atoms with Gasteiger partial charge in [0.15, 0.2) is 0 Å². The van der Waals surface area contributed by atoms with Gasteiger partial charge < -0.3 is 10.5 Å². The molecule has 0 saturated carbocycles. The lowest BCUT2D eigenvalue weighted by molar-refractivity contribution is 0.312. The molecule has 0 aliphatic rings. The molecule has 82 valence electrons. The Morgan fingerprint density at radius 2 is 1.94 bits per heavy atom. The fourth-order valence-electron chi connectivity index (χ4n) is 1.39. The van der Waals surface area contributed by atoms with E-state index in [2.05, 4.69) is 9.97 Å². The summed E-state index contributed by atoms with van der Waals surface area (Å²) in [6, 6.07) is 8.00. The lowest BCUT2D eigenvalue weighted by Gasteiger charge is -2.03. The highest BCUT2D eigenvalue weighted by Crippen LogP contribution is 2.20. The Morgan fingerprint density at radius 1 is 1.19 bits per heavy atom. The fourth-order valence-corrected chi connectivity index (χ4v) is 1.39. The van der Waals surface area contributed by atoms with Crippen LogP contribution in [-0.4, -0.2) is 16.6 Å². The Bertz CT molecular complexity index is 468. The third-order valence-electron chi connectivity index (χ3n) is 2.12. The lowest BCUT2D eigenvalue weighted by atomic mass is 10.1. The van der Waals surface area contributed by atoms with Crippen LogP contribution in [0.15, 0.2) is 36.7 Å². The summed E-state index contributed by atoms with van der Waals surface area (Å²) in [4.78, 5) is 8.20. The zero-order valence-electron chi connectivity index (χ0n) is 9.05. The molecule has 4 heteroatoms. The summed E-state index contributed by atoms with van der Waals surface area (Å²) < 4.78 is 5.17. The SMILES string of the molecule is CCOc1ncc(-c2cccc(N)c2)cn1. The Balaban J connectivity index is 2.27. The first-order chi connectivity index (χ1) is 7.79. The summed E-state index contributed by atoms with van der Waals surface area (Å²) in [6.07, 6.45) is 3.46. The average Bonchev–Trinajstić information content (AvgIpc) is 2.30. The number of ether oxygens (including phenoxy) is 1. The van der Waals surface area contributed by atoms with E-state index in [4.69, 9.17) is 10.5 Å². The molecule has 0 aliphatic heterocycles. The van der Waals surface area contributed by atoms with Crippen LogP contribution in [0.1, 0.15) is 6.92 Å². The number of nitrogens with two attached hydrogens (primary N) is 1. The van der Waals surface area contributed by atoms with Crippen molar-refractivity contribution in [3.05, 3.63) is 36.7 Å². The van der Waals surface area contributed by atoms with Gasteiger partial charge in [-0.1, -0.05) is 12.1 Å². The van der Waals surface area contributed by atoms with Gasteiger partial charge in [0.2, 0.25) is 0 Å². The second-order valence-electron chi connectivity index (χ2n) is 3.31. The molecule has 2 N–H and O–H groups in total. The average molecular weight is 215 g/mol. The largest absolute Gasteiger partial charge is 0.464 e. The van der Waals surface area contributed by atoms with Crippen LogP contribution in [0, 0.1) is 0 Å². The monoisotopic (exact) mass is 215 g/mol. The molecule has 0 atom stereocenters. The van der Waals surface area contributed by atoms with Crippen molar-refractivity contribution in [2.45, 2.75) is 6.92 Å². The first-order valence-corrected chi connectivity index (χ1v) is 5.10. The molecular weight excluding hydrogens is 202 g/mol. The molecule has 0 aliphatic carbocycles. The molecule has 16 heavy (non-hydrogen) atoms. The van der Waals surface area contributed by atoms with Gasteiger partial charge in [0.05, 0.1) is 6.61 Å². The van der Waals surface area contributed by atoms with Crippen LogP contribution in [0.25, 0.3) is 11.1 Å². The smallest absolute Gasteiger partial charge is 0.316 e. The minimum atomic E-state index is 0.398. The minimum Gasteiger partial charge on any atom is -0.464 e. The van der Waals surface area contributed by atoms with E-state index >= 15 is 0 Å². The molecule has 0 saturated heterocycles. The summed E-state index contributed by atoms with van der Waals surface area (Å²) in [5, 5.41) is 0. The molecule has 1 heterocycles. The van der Waals surface area contributed by atoms with Crippen LogP contribution in [0.5, 0.6) is 6.01 Å². The van der Waals surface area contributed by atoms with Crippen molar-refractivity contribution in [2.24, 2.45) is 0 Å². The number of benzene rings is 1. The van der Waals surface area contributed by atoms with Crippen LogP contribution in [0.4, 0.5) is 5.69 Å². The quantitative estimate of drug-likeness (QED) is 0.797. The first kappa shape index (κ1) is 10.4. The number of nitrogens with zero attached hydrogens (tertiary/aromatic N) is 2. The topological polar surface area (TPSA) is 61.0 Å². The van der Waals surface area contributed by atoms with Gasteiger partial charge in [0.1, 0.15) is 0 Å². The third kappa shape index (κ3) is 2.28. The molecule has 0 bridgehead atoms. The molecule has 2 aromatic rings. The summed E-state index contributed by atoms with van der Waals surface area (Å²) in [7, 11) is 0. The second-order valence-corrected chi connectivity index (χ2v) is 3.31. The molecule has 1 aromatic carbocycles. The van der Waals surface area contributed by atoms with Crippen LogP contribution >= 0.6 is 0 Å². The fraction of sp³-hybridized carbons (Fsp3) is 0.167. The van der Waals surface area contributed by atoms with Crippen LogP contribution < -0.4 is 10.5 Å². The van der Waals surface area contributed by atoms with Gasteiger partial charge in [-0.05, 0) is 24.6 Å². The lowest BCUT2D eigenvalue weighted by Crippen LogP contribution is -1.97. The maximum Gasteiger partial charge on any atom is 0.316 e. The molecule has 0 fully saturated rings. The number of anilines is 1. The van der Waals surface area contributed by atoms with E-state index in [1.807, 2.05) is 31.2 Å². The highest BCUT2D eigenvalue weighted by Gasteiger charge is 2.00. The number of hydrogen-bond donors (Lipinski definition) is 1. The maximum absolute atomic E-state index is 5.71. The number of hydrogen-bond acceptors (Lipinski definition) is 4. The van der Waals surface area contributed by atoms with Crippen molar-refractivity contribution in [3.63, 3.8) is 0 Å². The minimum absolute atomic E-state index is 0.398. The molecule has 0 amide bonds. The van der Waals surface area contributed by atoms with Gasteiger partial charge in [-0.2, -0.15) is 0 Å². The van der Waals surface area contributed by atoms with Gasteiger partial charge in [-0.15, -0.1) is 0 Å². The van der Waals surface area contributed by atoms with Gasteiger partial charge >= 0.3 is 6.01 Å². The number of nitrogen functional groups attached to an aromatic ring is 1. The number of rotatable bonds is 3. The van der Waals surface area contributed by atoms with Crippen LogP contribution in [-0.2, 0) is 0 Å². The summed E-state index contributed by atoms with van der Waals surface area (Å²) in [5.74, 6) is 0. The van der Waals surface area contributed by atoms with Crippen molar-refractivity contribution in [1.82, 2.24) is 9.97 Å². The van der Waals surface area contributed by atoms with E-state index < -0.39 is 0 Å². The Kier molecular flexibility index (Phi) is 3.00. The molecule has 0 spiro atoms. The second kappa shape index (κ2) is 4.61. The van der Waals surface area contributed by atoms with Crippen molar-refractivity contribution in [2.75, 3.05) is 12.3 Å². The van der Waals surface area contributed by atoms with Gasteiger partial charge in [0, 0.05) is 23.6 Å². The van der Waals surface area contributed by atoms with E-state index in [1.54, 1.807) is 12.4 Å². The molecular formula is C12H13N3O. The predicted molar refractivity (Wildman–Crippen MR) is 63.0 cm³/mol. The Labute approximate surface area is 94.1 Å². The standard InChI is InChI=1S/C12H13N3O/c1-2-16-12-14-7-10(8-15-12)9-4-3-5-11(13)6-9/h3-8H,2,13H2,1H3. The van der Waals surface area contributed by atoms with E-state index in [-0.39, 0.29) is 0 Å². The Morgan fingerprint density at radius 3 is 2.56 bits per heavy atom. The van der Waals surface area contributed by atoms with Gasteiger partial charge in [0.25, 0.3) is 0 Å². The summed E-state index contributed by atoms with van der Waals surface area (Å²) >= 11 is 0. The highest BCUT2D eigenvalue weighted by atomic mass is 16.5. The normalized spacial score (nSPS) is 10.1. The summed E-state index contributed by atoms with van der Waals surface area (Å²) in [5.41, 5.74) is 8.37. The molecule has 4 nitrogen and oxygen atoms in total. The van der Waals surface area contributed by atoms with Crippen molar-refractivity contribution < 1.29 is 4.74 Å². The summed E-state index contributed by atoms with van der Waals surface area (Å²) in [6.45, 7) is 2.47. The highest BCUT2D eigenvalue weighted by molar-refractivity contribution is 5.65. The van der Waals surface area contributed by atoms with Gasteiger partial charge in [-0.3, -0.25) is 0 Å². The van der Waals surface area contributed by atoms with E-state index in [1.165, 1.54) is 0 Å². The van der Waals surface area contributed by atoms with Crippen LogP contribution in [0.3, 0.4) is 0 Å². The zero-order chi connectivity index (χ0) is 11.4. The molecule has 0 unspecified atom stereocenters. The first-order valence-electron chi connectivity index (χ1n) is 5.10. The van der Waals surface area contributed by atoms with E-state index in [9.17, 15) is 0 Å². The third-order valence-corrected chi connectivity index (χ3v) is 2.12. The zero-order valence-corrected chi connectivity index (χ0v) is 9.05. The van der Waals surface area contributed by atoms with E-state index in [0.29, 0.717) is 12.6 Å². The Hall–Kier alpha value is -2.10. The van der Waals surface area contributed by atoms with Gasteiger partial charge in [-0.25, -0.2) is 9.97 Å². The van der Waals surface area contributed by atoms with E-state index in [0.717, 1.165) is 16.8 Å². The predicted octanol–water partition coefficient (Wildman–Crippen LogP) is 2.12. The number of aromatic nitrogens is 2. The van der Waals surface area contributed by atoms with Crippen molar-refractivity contribution >= 4 is 5.69 Å². The van der Waals surface area contributed by atoms with Crippen molar-refractivity contribution in [1.29, 1.82) is 0 Å². The maximum atomic E-state index is 5.71. The molecule has 0 radical (unpaired) electrons. The molecule has 1 aromatic heterocycles. The van der Waals surface area contributed by atoms with Crippen molar-refractivity contribution in [3.8, 4) is 17.1 Å². The molecule has 2 rings (SSSR count). The van der Waals surface area contributed by atoms with Crippen LogP contribution in [0.2, 0.25) is 0 Å².